The molecule has 2 aliphatic heterocycles. The Balaban J connectivity index is 1.33. The van der Waals surface area contributed by atoms with Gasteiger partial charge in [0.15, 0.2) is 5.96 Å². The number of nitrogens with one attached hydrogen (secondary N) is 1. The molecule has 0 bridgehead atoms. The first-order valence-electron chi connectivity index (χ1n) is 11.7. The van der Waals surface area contributed by atoms with Gasteiger partial charge in [-0.1, -0.05) is 44.2 Å². The van der Waals surface area contributed by atoms with E-state index < -0.39 is 0 Å². The summed E-state index contributed by atoms with van der Waals surface area (Å²) in [5.41, 5.74) is 1.25. The van der Waals surface area contributed by atoms with Gasteiger partial charge in [0.1, 0.15) is 0 Å². The zero-order valence-corrected chi connectivity index (χ0v) is 19.2. The van der Waals surface area contributed by atoms with E-state index in [0.29, 0.717) is 18.4 Å². The van der Waals surface area contributed by atoms with Crippen molar-refractivity contribution >= 4 is 5.96 Å². The Bertz CT molecular complexity index is 630. The lowest BCUT2D eigenvalue weighted by atomic mass is 10.1. The van der Waals surface area contributed by atoms with Crippen LogP contribution in [0.2, 0.25) is 0 Å². The van der Waals surface area contributed by atoms with Gasteiger partial charge in [0, 0.05) is 65.3 Å². The lowest BCUT2D eigenvalue weighted by molar-refractivity contribution is 0.0906. The molecule has 0 aliphatic carbocycles. The van der Waals surface area contributed by atoms with E-state index in [2.05, 4.69) is 63.1 Å². The fraction of sp³-hybridized carbons (Fsp3) is 0.708. The number of benzene rings is 1. The molecule has 1 N–H and O–H groups in total. The molecule has 3 rings (SSSR count). The minimum Gasteiger partial charge on any atom is -0.376 e. The van der Waals surface area contributed by atoms with Crippen molar-refractivity contribution in [2.45, 2.75) is 26.9 Å². The summed E-state index contributed by atoms with van der Waals surface area (Å²) >= 11 is 0. The van der Waals surface area contributed by atoms with Crippen LogP contribution in [0.4, 0.5) is 0 Å². The van der Waals surface area contributed by atoms with Crippen LogP contribution in [0.3, 0.4) is 0 Å². The van der Waals surface area contributed by atoms with Crippen molar-refractivity contribution in [1.82, 2.24) is 20.0 Å². The molecule has 168 valence electrons. The van der Waals surface area contributed by atoms with Crippen molar-refractivity contribution in [2.75, 3.05) is 72.6 Å². The van der Waals surface area contributed by atoms with E-state index in [-0.39, 0.29) is 0 Å². The average molecular weight is 416 g/mol. The van der Waals surface area contributed by atoms with Crippen molar-refractivity contribution in [3.8, 4) is 0 Å². The third-order valence-electron chi connectivity index (χ3n) is 6.35. The van der Waals surface area contributed by atoms with Crippen molar-refractivity contribution < 1.29 is 4.74 Å². The fourth-order valence-electron chi connectivity index (χ4n) is 4.47. The molecule has 1 aromatic carbocycles. The molecule has 2 fully saturated rings. The molecule has 0 radical (unpaired) electrons. The van der Waals surface area contributed by atoms with Crippen molar-refractivity contribution in [3.05, 3.63) is 35.9 Å². The summed E-state index contributed by atoms with van der Waals surface area (Å²) < 4.78 is 5.97. The first kappa shape index (κ1) is 23.0. The van der Waals surface area contributed by atoms with E-state index >= 15 is 0 Å². The van der Waals surface area contributed by atoms with E-state index in [9.17, 15) is 0 Å². The van der Waals surface area contributed by atoms with Crippen LogP contribution in [0, 0.1) is 11.8 Å². The largest absolute Gasteiger partial charge is 0.376 e. The second kappa shape index (κ2) is 12.3. The quantitative estimate of drug-likeness (QED) is 0.496. The van der Waals surface area contributed by atoms with Crippen LogP contribution >= 0.6 is 0 Å². The van der Waals surface area contributed by atoms with Gasteiger partial charge < -0.3 is 24.8 Å². The molecule has 0 aromatic heterocycles. The van der Waals surface area contributed by atoms with Gasteiger partial charge in [0.2, 0.25) is 0 Å². The molecule has 1 aromatic rings. The predicted octanol–water partition coefficient (Wildman–Crippen LogP) is 2.37. The van der Waals surface area contributed by atoms with E-state index in [1.54, 1.807) is 0 Å². The van der Waals surface area contributed by atoms with Crippen LogP contribution in [-0.4, -0.2) is 93.2 Å². The van der Waals surface area contributed by atoms with E-state index in [0.717, 1.165) is 38.7 Å². The summed E-state index contributed by atoms with van der Waals surface area (Å²) in [6.45, 7) is 16.3. The van der Waals surface area contributed by atoms with Gasteiger partial charge in [-0.25, -0.2) is 0 Å². The molecule has 2 unspecified atom stereocenters. The number of aliphatic imine (C=N–C) groups is 1. The van der Waals surface area contributed by atoms with E-state index in [1.807, 2.05) is 13.1 Å². The van der Waals surface area contributed by atoms with Crippen molar-refractivity contribution in [3.63, 3.8) is 0 Å². The first-order chi connectivity index (χ1) is 14.7. The van der Waals surface area contributed by atoms with Crippen LogP contribution in [0.1, 0.15) is 25.8 Å². The molecule has 2 atom stereocenters. The summed E-state index contributed by atoms with van der Waals surface area (Å²) in [6, 6.07) is 10.4. The lowest BCUT2D eigenvalue weighted by Gasteiger charge is -2.35. The summed E-state index contributed by atoms with van der Waals surface area (Å²) in [5.74, 6) is 2.24. The maximum absolute atomic E-state index is 5.97. The molecular formula is C24H41N5O. The van der Waals surface area contributed by atoms with Crippen LogP contribution in [-0.2, 0) is 11.3 Å². The Labute approximate surface area is 183 Å². The molecule has 0 amide bonds. The summed E-state index contributed by atoms with van der Waals surface area (Å²) in [6.07, 6.45) is 1.17. The maximum atomic E-state index is 5.97. The topological polar surface area (TPSA) is 43.3 Å². The van der Waals surface area contributed by atoms with Crippen LogP contribution in [0.5, 0.6) is 0 Å². The van der Waals surface area contributed by atoms with Crippen LogP contribution in [0.15, 0.2) is 35.3 Å². The average Bonchev–Trinajstić information content (AvgIpc) is 3.24. The number of rotatable bonds is 9. The van der Waals surface area contributed by atoms with Crippen LogP contribution < -0.4 is 5.32 Å². The number of hydrogen-bond acceptors (Lipinski definition) is 4. The zero-order chi connectivity index (χ0) is 21.2. The zero-order valence-electron chi connectivity index (χ0n) is 19.2. The van der Waals surface area contributed by atoms with Crippen LogP contribution in [0.25, 0.3) is 0 Å². The number of piperazine rings is 1. The molecule has 2 saturated heterocycles. The van der Waals surface area contributed by atoms with E-state index in [4.69, 9.17) is 4.74 Å². The van der Waals surface area contributed by atoms with Gasteiger partial charge in [0.25, 0.3) is 0 Å². The molecule has 0 spiro atoms. The highest BCUT2D eigenvalue weighted by atomic mass is 16.5. The SMILES string of the molecule is CCN1CCN(CC(C)CNC(=NC)N2CCC(COCc3ccccc3)C2)CC1. The molecule has 6 heteroatoms. The van der Waals surface area contributed by atoms with Gasteiger partial charge >= 0.3 is 0 Å². The Kier molecular flexibility index (Phi) is 9.43. The molecule has 2 heterocycles. The standard InChI is InChI=1S/C24H41N5O/c1-4-27-12-14-28(15-13-27)17-21(2)16-26-24(25-3)29-11-10-23(18-29)20-30-19-22-8-6-5-7-9-22/h5-9,21,23H,4,10-20H2,1-3H3,(H,25,26). The van der Waals surface area contributed by atoms with Gasteiger partial charge in [-0.05, 0) is 24.4 Å². The van der Waals surface area contributed by atoms with Gasteiger partial charge in [-0.2, -0.15) is 0 Å². The Morgan fingerprint density at radius 1 is 1.13 bits per heavy atom. The number of nitrogens with zero attached hydrogens (tertiary/aromatic N) is 4. The second-order valence-electron chi connectivity index (χ2n) is 8.87. The Morgan fingerprint density at radius 2 is 1.87 bits per heavy atom. The van der Waals surface area contributed by atoms with Gasteiger partial charge in [0.05, 0.1) is 13.2 Å². The highest BCUT2D eigenvalue weighted by molar-refractivity contribution is 5.80. The normalized spacial score (nSPS) is 22.4. The third-order valence-corrected chi connectivity index (χ3v) is 6.35. The lowest BCUT2D eigenvalue weighted by Crippen LogP contribution is -2.49. The fourth-order valence-corrected chi connectivity index (χ4v) is 4.47. The minimum absolute atomic E-state index is 0.583. The van der Waals surface area contributed by atoms with Crippen molar-refractivity contribution in [2.24, 2.45) is 16.8 Å². The molecule has 2 aliphatic rings. The molecule has 30 heavy (non-hydrogen) atoms. The third kappa shape index (κ3) is 7.25. The number of hydrogen-bond donors (Lipinski definition) is 1. The Hall–Kier alpha value is -1.63. The summed E-state index contributed by atoms with van der Waals surface area (Å²) in [4.78, 5) is 12.1. The maximum Gasteiger partial charge on any atom is 0.193 e. The number of ether oxygens (including phenoxy) is 1. The molecular weight excluding hydrogens is 374 g/mol. The highest BCUT2D eigenvalue weighted by Gasteiger charge is 2.25. The molecule has 6 nitrogen and oxygen atoms in total. The monoisotopic (exact) mass is 415 g/mol. The Morgan fingerprint density at radius 3 is 2.57 bits per heavy atom. The number of likely N-dealkylation sites (tertiary alicyclic amines) is 1. The van der Waals surface area contributed by atoms with Gasteiger partial charge in [-0.3, -0.25) is 4.99 Å². The summed E-state index contributed by atoms with van der Waals surface area (Å²) in [5, 5.41) is 3.62. The second-order valence-corrected chi connectivity index (χ2v) is 8.87. The minimum atomic E-state index is 0.583. The van der Waals surface area contributed by atoms with Gasteiger partial charge in [-0.15, -0.1) is 0 Å². The smallest absolute Gasteiger partial charge is 0.193 e. The number of guanidine groups is 1. The summed E-state index contributed by atoms with van der Waals surface area (Å²) in [7, 11) is 1.90. The first-order valence-corrected chi connectivity index (χ1v) is 11.7. The predicted molar refractivity (Wildman–Crippen MR) is 125 cm³/mol. The highest BCUT2D eigenvalue weighted by Crippen LogP contribution is 2.17. The van der Waals surface area contributed by atoms with E-state index in [1.165, 1.54) is 44.7 Å². The molecule has 0 saturated carbocycles. The number of likely N-dealkylation sites (N-methyl/N-ethyl adjacent to an activating group) is 1. The van der Waals surface area contributed by atoms with Crippen molar-refractivity contribution in [1.29, 1.82) is 0 Å².